The first kappa shape index (κ1) is 20.4. The van der Waals surface area contributed by atoms with Crippen LogP contribution >= 0.6 is 34.3 Å². The number of thiophene rings is 1. The number of benzene rings is 2. The van der Waals surface area contributed by atoms with Crippen molar-refractivity contribution in [3.63, 3.8) is 0 Å². The molecule has 1 aliphatic rings. The number of fused-ring (bicyclic) bond motifs is 2. The quantitative estimate of drug-likeness (QED) is 0.424. The zero-order chi connectivity index (χ0) is 21.8. The Hall–Kier alpha value is -2.46. The largest absolute Gasteiger partial charge is 0.297 e. The minimum Gasteiger partial charge on any atom is -0.297 e. The number of aromatic nitrogens is 1. The van der Waals surface area contributed by atoms with E-state index in [9.17, 15) is 13.2 Å². The normalized spacial score (nSPS) is 13.5. The number of nitrogens with one attached hydrogen (secondary N) is 1. The standard InChI is InChI=1S/C21H16ClN3O3S3/c1-31(27,28)25-9-8-13-10-12(6-7-16(13)25)15-11-29-21(23-15)24-20(26)19-18(22)14-4-2-3-5-17(14)30-19/h2-7,10-11H,8-9H2,1H3,(H,23,24,26). The van der Waals surface area contributed by atoms with Crippen LogP contribution in [0.4, 0.5) is 10.8 Å². The van der Waals surface area contributed by atoms with Crippen molar-refractivity contribution in [2.45, 2.75) is 6.42 Å². The lowest BCUT2D eigenvalue weighted by Gasteiger charge is -2.16. The number of hydrogen-bond acceptors (Lipinski definition) is 6. The number of rotatable bonds is 4. The first-order chi connectivity index (χ1) is 14.8. The molecule has 0 fully saturated rings. The first-order valence-electron chi connectivity index (χ1n) is 9.36. The molecule has 3 heterocycles. The van der Waals surface area contributed by atoms with Gasteiger partial charge in [0.15, 0.2) is 5.13 Å². The average molecular weight is 490 g/mol. The van der Waals surface area contributed by atoms with Gasteiger partial charge in [0.25, 0.3) is 5.91 Å². The van der Waals surface area contributed by atoms with Crippen molar-refractivity contribution in [1.82, 2.24) is 4.98 Å². The van der Waals surface area contributed by atoms with E-state index in [4.69, 9.17) is 11.6 Å². The number of carbonyl (C=O) groups excluding carboxylic acids is 1. The van der Waals surface area contributed by atoms with E-state index in [1.54, 1.807) is 0 Å². The summed E-state index contributed by atoms with van der Waals surface area (Å²) in [4.78, 5) is 17.7. The van der Waals surface area contributed by atoms with Crippen molar-refractivity contribution in [2.24, 2.45) is 0 Å². The highest BCUT2D eigenvalue weighted by atomic mass is 35.5. The summed E-state index contributed by atoms with van der Waals surface area (Å²) >= 11 is 9.08. The van der Waals surface area contributed by atoms with Crippen LogP contribution in [0.2, 0.25) is 5.02 Å². The molecule has 0 atom stereocenters. The maximum atomic E-state index is 12.8. The first-order valence-corrected chi connectivity index (χ1v) is 13.3. The van der Waals surface area contributed by atoms with E-state index in [0.717, 1.165) is 32.6 Å². The van der Waals surface area contributed by atoms with Crippen molar-refractivity contribution in [3.8, 4) is 11.3 Å². The van der Waals surface area contributed by atoms with Crippen LogP contribution in [0.25, 0.3) is 21.3 Å². The molecule has 0 saturated carbocycles. The second kappa shape index (κ2) is 7.59. The number of thiazole rings is 1. The van der Waals surface area contributed by atoms with Gasteiger partial charge in [0, 0.05) is 27.6 Å². The van der Waals surface area contributed by atoms with E-state index >= 15 is 0 Å². The van der Waals surface area contributed by atoms with E-state index in [0.29, 0.717) is 28.0 Å². The number of carbonyl (C=O) groups is 1. The molecule has 0 spiro atoms. The van der Waals surface area contributed by atoms with Gasteiger partial charge in [0.2, 0.25) is 10.0 Å². The number of nitrogens with zero attached hydrogens (tertiary/aromatic N) is 2. The van der Waals surface area contributed by atoms with Gasteiger partial charge >= 0.3 is 0 Å². The van der Waals surface area contributed by atoms with Crippen LogP contribution in [0, 0.1) is 0 Å². The average Bonchev–Trinajstić information content (AvgIpc) is 3.44. The number of anilines is 2. The zero-order valence-corrected chi connectivity index (χ0v) is 19.5. The molecule has 2 aromatic carbocycles. The van der Waals surface area contributed by atoms with Gasteiger partial charge in [-0.05, 0) is 30.2 Å². The fourth-order valence-corrected chi connectivity index (χ4v) is 6.74. The van der Waals surface area contributed by atoms with Crippen LogP contribution in [0.15, 0.2) is 47.8 Å². The summed E-state index contributed by atoms with van der Waals surface area (Å²) in [6, 6.07) is 13.3. The maximum absolute atomic E-state index is 12.8. The second-order valence-electron chi connectivity index (χ2n) is 7.16. The fraction of sp³-hybridized carbons (Fsp3) is 0.143. The van der Waals surface area contributed by atoms with Gasteiger partial charge in [0.1, 0.15) is 4.88 Å². The monoisotopic (exact) mass is 489 g/mol. The smallest absolute Gasteiger partial charge is 0.269 e. The van der Waals surface area contributed by atoms with E-state index in [-0.39, 0.29) is 5.91 Å². The van der Waals surface area contributed by atoms with Crippen molar-refractivity contribution in [3.05, 3.63) is 63.3 Å². The summed E-state index contributed by atoms with van der Waals surface area (Å²) in [5, 5.41) is 6.49. The third-order valence-corrected chi connectivity index (χ3v) is 8.71. The Morgan fingerprint density at radius 2 is 2.03 bits per heavy atom. The van der Waals surface area contributed by atoms with Gasteiger partial charge in [0.05, 0.1) is 22.7 Å². The topological polar surface area (TPSA) is 79.4 Å². The molecule has 1 amide bonds. The molecule has 0 unspecified atom stereocenters. The number of amides is 1. The molecule has 31 heavy (non-hydrogen) atoms. The van der Waals surface area contributed by atoms with Crippen molar-refractivity contribution >= 4 is 71.1 Å². The summed E-state index contributed by atoms with van der Waals surface area (Å²) in [7, 11) is -3.28. The Labute approximate surface area is 192 Å². The van der Waals surface area contributed by atoms with E-state index in [1.165, 1.54) is 33.2 Å². The van der Waals surface area contributed by atoms with Gasteiger partial charge < -0.3 is 0 Å². The molecular weight excluding hydrogens is 474 g/mol. The maximum Gasteiger partial charge on any atom is 0.269 e. The van der Waals surface area contributed by atoms with Gasteiger partial charge in [-0.25, -0.2) is 13.4 Å². The van der Waals surface area contributed by atoms with Crippen LogP contribution in [0.1, 0.15) is 15.2 Å². The summed E-state index contributed by atoms with van der Waals surface area (Å²) in [6.07, 6.45) is 1.88. The molecule has 158 valence electrons. The van der Waals surface area contributed by atoms with Crippen LogP contribution in [0.5, 0.6) is 0 Å². The molecule has 1 N–H and O–H groups in total. The lowest BCUT2D eigenvalue weighted by molar-refractivity contribution is 0.103. The molecule has 10 heteroatoms. The summed E-state index contributed by atoms with van der Waals surface area (Å²) in [5.74, 6) is -0.287. The number of halogens is 1. The SMILES string of the molecule is CS(=O)(=O)N1CCc2cc(-c3csc(NC(=O)c4sc5ccccc5c4Cl)n3)ccc21. The molecule has 0 aliphatic carbocycles. The highest BCUT2D eigenvalue weighted by molar-refractivity contribution is 7.92. The number of hydrogen-bond donors (Lipinski definition) is 1. The second-order valence-corrected chi connectivity index (χ2v) is 11.4. The van der Waals surface area contributed by atoms with E-state index < -0.39 is 10.0 Å². The van der Waals surface area contributed by atoms with Crippen molar-refractivity contribution < 1.29 is 13.2 Å². The lowest BCUT2D eigenvalue weighted by Crippen LogP contribution is -2.27. The Morgan fingerprint density at radius 1 is 1.23 bits per heavy atom. The molecule has 4 aromatic rings. The molecule has 2 aromatic heterocycles. The molecule has 1 aliphatic heterocycles. The molecule has 6 nitrogen and oxygen atoms in total. The van der Waals surface area contributed by atoms with E-state index in [1.807, 2.05) is 47.8 Å². The van der Waals surface area contributed by atoms with Gasteiger partial charge in [-0.3, -0.25) is 14.4 Å². The molecule has 0 bridgehead atoms. The summed E-state index contributed by atoms with van der Waals surface area (Å²) in [5.41, 5.74) is 3.29. The molecular formula is C21H16ClN3O3S3. The van der Waals surface area contributed by atoms with Crippen molar-refractivity contribution in [1.29, 1.82) is 0 Å². The minimum atomic E-state index is -3.28. The molecule has 0 saturated heterocycles. The van der Waals surface area contributed by atoms with Crippen LogP contribution < -0.4 is 9.62 Å². The predicted octanol–water partition coefficient (Wildman–Crippen LogP) is 5.25. The highest BCUT2D eigenvalue weighted by Gasteiger charge is 2.26. The van der Waals surface area contributed by atoms with Gasteiger partial charge in [-0.15, -0.1) is 22.7 Å². The summed E-state index contributed by atoms with van der Waals surface area (Å²) < 4.78 is 26.2. The Kier molecular flexibility index (Phi) is 5.01. The minimum absolute atomic E-state index is 0.287. The lowest BCUT2D eigenvalue weighted by atomic mass is 10.1. The van der Waals surface area contributed by atoms with Crippen molar-refractivity contribution in [2.75, 3.05) is 22.4 Å². The van der Waals surface area contributed by atoms with Crippen LogP contribution in [0.3, 0.4) is 0 Å². The molecule has 5 rings (SSSR count). The predicted molar refractivity (Wildman–Crippen MR) is 128 cm³/mol. The van der Waals surface area contributed by atoms with Crippen LogP contribution in [-0.4, -0.2) is 32.1 Å². The van der Waals surface area contributed by atoms with Gasteiger partial charge in [-0.2, -0.15) is 0 Å². The summed E-state index contributed by atoms with van der Waals surface area (Å²) in [6.45, 7) is 0.450. The van der Waals surface area contributed by atoms with Crippen LogP contribution in [-0.2, 0) is 16.4 Å². The Balaban J connectivity index is 1.38. The number of sulfonamides is 1. The molecule has 0 radical (unpaired) electrons. The Morgan fingerprint density at radius 3 is 2.81 bits per heavy atom. The highest BCUT2D eigenvalue weighted by Crippen LogP contribution is 2.37. The third-order valence-electron chi connectivity index (χ3n) is 5.09. The Bertz CT molecular complexity index is 1440. The zero-order valence-electron chi connectivity index (χ0n) is 16.3. The fourth-order valence-electron chi connectivity index (χ4n) is 3.65. The van der Waals surface area contributed by atoms with Gasteiger partial charge in [-0.1, -0.05) is 35.9 Å². The third kappa shape index (κ3) is 3.71. The van der Waals surface area contributed by atoms with E-state index in [2.05, 4.69) is 10.3 Å².